The first kappa shape index (κ1) is 22.9. The molecule has 1 aliphatic rings. The van der Waals surface area contributed by atoms with E-state index >= 15 is 0 Å². The normalized spacial score (nSPS) is 14.3. The van der Waals surface area contributed by atoms with Gasteiger partial charge in [-0.05, 0) is 32.4 Å². The molecule has 1 aromatic carbocycles. The lowest BCUT2D eigenvalue weighted by molar-refractivity contribution is -0.0504. The Morgan fingerprint density at radius 2 is 2.08 bits per heavy atom. The van der Waals surface area contributed by atoms with Crippen molar-refractivity contribution < 1.29 is 13.5 Å². The molecule has 1 fully saturated rings. The minimum atomic E-state index is -2.83. The summed E-state index contributed by atoms with van der Waals surface area (Å²) in [5.74, 6) is 0.839. The van der Waals surface area contributed by atoms with E-state index in [-0.39, 0.29) is 29.7 Å². The molecule has 0 bridgehead atoms. The van der Waals surface area contributed by atoms with Crippen molar-refractivity contribution in [2.45, 2.75) is 45.9 Å². The van der Waals surface area contributed by atoms with Crippen molar-refractivity contribution in [3.05, 3.63) is 29.3 Å². The Labute approximate surface area is 171 Å². The van der Waals surface area contributed by atoms with Gasteiger partial charge in [0.1, 0.15) is 5.75 Å². The SMILES string of the molecule is CCN(CCNC(=NC)NCc1cc(C)ccc1OC(F)F)C1CC1.I. The first-order valence-electron chi connectivity index (χ1n) is 8.76. The number of likely N-dealkylation sites (N-methyl/N-ethyl adjacent to an activating group) is 1. The lowest BCUT2D eigenvalue weighted by Crippen LogP contribution is -2.41. The summed E-state index contributed by atoms with van der Waals surface area (Å²) < 4.78 is 29.6. The van der Waals surface area contributed by atoms with Crippen LogP contribution in [0.5, 0.6) is 5.75 Å². The van der Waals surface area contributed by atoms with Crippen molar-refractivity contribution in [1.29, 1.82) is 0 Å². The zero-order valence-corrected chi connectivity index (χ0v) is 17.9. The number of nitrogens with zero attached hydrogens (tertiary/aromatic N) is 2. The third kappa shape index (κ3) is 7.61. The molecule has 5 nitrogen and oxygen atoms in total. The molecule has 0 heterocycles. The number of alkyl halides is 2. The van der Waals surface area contributed by atoms with Crippen molar-refractivity contribution >= 4 is 29.9 Å². The Morgan fingerprint density at radius 1 is 1.35 bits per heavy atom. The van der Waals surface area contributed by atoms with E-state index in [9.17, 15) is 8.78 Å². The van der Waals surface area contributed by atoms with Crippen LogP contribution in [0.25, 0.3) is 0 Å². The van der Waals surface area contributed by atoms with Crippen LogP contribution >= 0.6 is 24.0 Å². The molecule has 0 amide bonds. The van der Waals surface area contributed by atoms with Crippen LogP contribution in [0, 0.1) is 6.92 Å². The molecule has 2 rings (SSSR count). The minimum absolute atomic E-state index is 0. The Morgan fingerprint density at radius 3 is 2.65 bits per heavy atom. The summed E-state index contributed by atoms with van der Waals surface area (Å²) in [5.41, 5.74) is 1.67. The fourth-order valence-corrected chi connectivity index (χ4v) is 2.81. The first-order valence-corrected chi connectivity index (χ1v) is 8.76. The van der Waals surface area contributed by atoms with Crippen molar-refractivity contribution in [3.8, 4) is 5.75 Å². The summed E-state index contributed by atoms with van der Waals surface area (Å²) in [4.78, 5) is 6.64. The lowest BCUT2D eigenvalue weighted by Gasteiger charge is -2.21. The lowest BCUT2D eigenvalue weighted by atomic mass is 10.1. The number of nitrogens with one attached hydrogen (secondary N) is 2. The highest BCUT2D eigenvalue weighted by molar-refractivity contribution is 14.0. The highest BCUT2D eigenvalue weighted by atomic mass is 127. The maximum absolute atomic E-state index is 12.5. The van der Waals surface area contributed by atoms with Gasteiger partial charge in [-0.2, -0.15) is 8.78 Å². The second-order valence-electron chi connectivity index (χ2n) is 6.20. The zero-order valence-electron chi connectivity index (χ0n) is 15.6. The summed E-state index contributed by atoms with van der Waals surface area (Å²) in [5, 5.41) is 6.43. The Hall–Kier alpha value is -1.16. The van der Waals surface area contributed by atoms with E-state index in [0.717, 1.165) is 31.2 Å². The van der Waals surface area contributed by atoms with Gasteiger partial charge in [0.2, 0.25) is 0 Å². The molecule has 0 unspecified atom stereocenters. The Bertz CT molecular complexity index is 582. The van der Waals surface area contributed by atoms with Crippen molar-refractivity contribution in [2.75, 3.05) is 26.7 Å². The molecule has 0 spiro atoms. The van der Waals surface area contributed by atoms with Crippen LogP contribution < -0.4 is 15.4 Å². The molecule has 2 N–H and O–H groups in total. The molecule has 1 saturated carbocycles. The van der Waals surface area contributed by atoms with Crippen LogP contribution in [0.15, 0.2) is 23.2 Å². The van der Waals surface area contributed by atoms with Crippen LogP contribution in [0.1, 0.15) is 30.9 Å². The molecule has 1 aromatic rings. The summed E-state index contributed by atoms with van der Waals surface area (Å²) in [7, 11) is 1.70. The quantitative estimate of drug-likeness (QED) is 0.322. The maximum atomic E-state index is 12.5. The van der Waals surface area contributed by atoms with Gasteiger partial charge in [0.25, 0.3) is 0 Å². The molecule has 0 aliphatic heterocycles. The van der Waals surface area contributed by atoms with Crippen molar-refractivity contribution in [2.24, 2.45) is 4.99 Å². The fraction of sp³-hybridized carbons (Fsp3) is 0.611. The highest BCUT2D eigenvalue weighted by Gasteiger charge is 2.27. The molecule has 1 aliphatic carbocycles. The molecule has 0 saturated heterocycles. The molecule has 148 valence electrons. The minimum Gasteiger partial charge on any atom is -0.434 e. The van der Waals surface area contributed by atoms with Gasteiger partial charge in [-0.1, -0.05) is 24.6 Å². The molecule has 26 heavy (non-hydrogen) atoms. The average Bonchev–Trinajstić information content (AvgIpc) is 3.41. The predicted octanol–water partition coefficient (Wildman–Crippen LogP) is 3.36. The van der Waals surface area contributed by atoms with Crippen LogP contribution in [0.4, 0.5) is 8.78 Å². The number of guanidine groups is 1. The van der Waals surface area contributed by atoms with Crippen LogP contribution in [-0.4, -0.2) is 50.2 Å². The van der Waals surface area contributed by atoms with Gasteiger partial charge in [-0.3, -0.25) is 9.89 Å². The number of ether oxygens (including phenoxy) is 1. The van der Waals surface area contributed by atoms with E-state index < -0.39 is 6.61 Å². The standard InChI is InChI=1S/C18H28F2N4O.HI/c1-4-24(15-6-7-15)10-9-22-18(21-3)23-12-14-11-13(2)5-8-16(14)25-17(19)20;/h5,8,11,15,17H,4,6-7,9-10,12H2,1-3H3,(H2,21,22,23);1H. The highest BCUT2D eigenvalue weighted by Crippen LogP contribution is 2.25. The van der Waals surface area contributed by atoms with Gasteiger partial charge in [-0.15, -0.1) is 24.0 Å². The number of hydrogen-bond donors (Lipinski definition) is 2. The second kappa shape index (κ2) is 11.5. The Kier molecular flexibility index (Phi) is 10.1. The van der Waals surface area contributed by atoms with Crippen LogP contribution in [0.3, 0.4) is 0 Å². The smallest absolute Gasteiger partial charge is 0.387 e. The monoisotopic (exact) mass is 482 g/mol. The zero-order chi connectivity index (χ0) is 18.2. The molecule has 0 aromatic heterocycles. The van der Waals surface area contributed by atoms with E-state index in [2.05, 4.69) is 32.2 Å². The molecule has 0 radical (unpaired) electrons. The van der Waals surface area contributed by atoms with Crippen molar-refractivity contribution in [1.82, 2.24) is 15.5 Å². The number of benzene rings is 1. The average molecular weight is 482 g/mol. The van der Waals surface area contributed by atoms with E-state index in [1.54, 1.807) is 19.2 Å². The number of hydrogen-bond acceptors (Lipinski definition) is 3. The number of halogens is 3. The predicted molar refractivity (Wildman–Crippen MR) is 112 cm³/mol. The number of rotatable bonds is 9. The molecule has 8 heteroatoms. The summed E-state index contributed by atoms with van der Waals surface area (Å²) in [6.07, 6.45) is 2.59. The second-order valence-corrected chi connectivity index (χ2v) is 6.20. The number of aryl methyl sites for hydroxylation is 1. The Balaban J connectivity index is 0.00000338. The van der Waals surface area contributed by atoms with E-state index in [1.807, 2.05) is 13.0 Å². The third-order valence-corrected chi connectivity index (χ3v) is 4.26. The summed E-state index contributed by atoms with van der Waals surface area (Å²) in [6, 6.07) is 5.90. The maximum Gasteiger partial charge on any atom is 0.387 e. The summed E-state index contributed by atoms with van der Waals surface area (Å²) in [6.45, 7) is 4.43. The van der Waals surface area contributed by atoms with Gasteiger partial charge in [0.15, 0.2) is 5.96 Å². The van der Waals surface area contributed by atoms with Crippen LogP contribution in [-0.2, 0) is 6.54 Å². The first-order chi connectivity index (χ1) is 12.0. The van der Waals surface area contributed by atoms with Gasteiger partial charge in [0, 0.05) is 38.3 Å². The van der Waals surface area contributed by atoms with Gasteiger partial charge < -0.3 is 15.4 Å². The van der Waals surface area contributed by atoms with Gasteiger partial charge >= 0.3 is 6.61 Å². The molecular weight excluding hydrogens is 453 g/mol. The van der Waals surface area contributed by atoms with Crippen LogP contribution in [0.2, 0.25) is 0 Å². The van der Waals surface area contributed by atoms with E-state index in [1.165, 1.54) is 12.8 Å². The van der Waals surface area contributed by atoms with E-state index in [4.69, 9.17) is 0 Å². The molecular formula is C18H29F2IN4O. The molecule has 0 atom stereocenters. The van der Waals surface area contributed by atoms with Gasteiger partial charge in [0.05, 0.1) is 0 Å². The van der Waals surface area contributed by atoms with Crippen molar-refractivity contribution in [3.63, 3.8) is 0 Å². The van der Waals surface area contributed by atoms with Gasteiger partial charge in [-0.25, -0.2) is 0 Å². The topological polar surface area (TPSA) is 48.9 Å². The largest absolute Gasteiger partial charge is 0.434 e. The summed E-state index contributed by atoms with van der Waals surface area (Å²) >= 11 is 0. The fourth-order valence-electron chi connectivity index (χ4n) is 2.81. The number of aliphatic imine (C=N–C) groups is 1. The third-order valence-electron chi connectivity index (χ3n) is 4.26. The van der Waals surface area contributed by atoms with E-state index in [0.29, 0.717) is 18.1 Å².